The van der Waals surface area contributed by atoms with Gasteiger partial charge in [0.2, 0.25) is 0 Å². The molecule has 104 valence electrons. The molecule has 2 rings (SSSR count). The molecule has 0 aromatic heterocycles. The van der Waals surface area contributed by atoms with E-state index >= 15 is 0 Å². The normalized spacial score (nSPS) is 26.5. The zero-order valence-corrected chi connectivity index (χ0v) is 11.7. The lowest BCUT2D eigenvalue weighted by molar-refractivity contribution is 0.149. The second kappa shape index (κ2) is 5.47. The molecule has 0 bridgehead atoms. The molecular weight excluding hydrogens is 226 g/mol. The number of hydrogen-bond donors (Lipinski definition) is 2. The van der Waals surface area contributed by atoms with Gasteiger partial charge in [-0.15, -0.1) is 0 Å². The highest BCUT2D eigenvalue weighted by atomic mass is 16.2. The van der Waals surface area contributed by atoms with Crippen molar-refractivity contribution in [2.24, 2.45) is 11.7 Å². The lowest BCUT2D eigenvalue weighted by atomic mass is 9.84. The van der Waals surface area contributed by atoms with E-state index in [1.807, 2.05) is 4.90 Å². The van der Waals surface area contributed by atoms with E-state index in [-0.39, 0.29) is 11.6 Å². The molecule has 1 saturated carbocycles. The molecule has 2 fully saturated rings. The lowest BCUT2D eigenvalue weighted by Crippen LogP contribution is -2.47. The monoisotopic (exact) mass is 253 g/mol. The maximum absolute atomic E-state index is 12.1. The molecule has 2 aliphatic rings. The fraction of sp³-hybridized carbons (Fsp3) is 0.929. The molecule has 1 atom stereocenters. The first kappa shape index (κ1) is 13.7. The van der Waals surface area contributed by atoms with Crippen LogP contribution < -0.4 is 11.1 Å². The number of urea groups is 1. The van der Waals surface area contributed by atoms with Gasteiger partial charge in [-0.2, -0.15) is 0 Å². The zero-order chi connectivity index (χ0) is 13.2. The van der Waals surface area contributed by atoms with Gasteiger partial charge in [-0.05, 0) is 45.6 Å². The van der Waals surface area contributed by atoms with Gasteiger partial charge in [0.25, 0.3) is 0 Å². The number of nitrogens with one attached hydrogen (secondary N) is 1. The minimum Gasteiger partial charge on any atom is -0.333 e. The number of rotatable bonds is 4. The third-order valence-corrected chi connectivity index (χ3v) is 4.64. The quantitative estimate of drug-likeness (QED) is 0.806. The van der Waals surface area contributed by atoms with E-state index in [1.54, 1.807) is 0 Å². The summed E-state index contributed by atoms with van der Waals surface area (Å²) >= 11 is 0. The zero-order valence-electron chi connectivity index (χ0n) is 11.7. The average molecular weight is 253 g/mol. The van der Waals surface area contributed by atoms with Crippen molar-refractivity contribution < 1.29 is 4.79 Å². The van der Waals surface area contributed by atoms with Crippen LogP contribution in [-0.4, -0.2) is 35.6 Å². The van der Waals surface area contributed by atoms with Crippen LogP contribution in [0.4, 0.5) is 4.79 Å². The summed E-state index contributed by atoms with van der Waals surface area (Å²) in [6.45, 7) is 5.72. The van der Waals surface area contributed by atoms with Crippen molar-refractivity contribution in [2.75, 3.05) is 13.1 Å². The van der Waals surface area contributed by atoms with Crippen LogP contribution in [0.2, 0.25) is 0 Å². The third-order valence-electron chi connectivity index (χ3n) is 4.64. The predicted molar refractivity (Wildman–Crippen MR) is 73.4 cm³/mol. The molecule has 4 heteroatoms. The van der Waals surface area contributed by atoms with Crippen LogP contribution in [0, 0.1) is 5.92 Å². The van der Waals surface area contributed by atoms with Gasteiger partial charge in [0, 0.05) is 12.1 Å². The number of carbonyl (C=O) groups is 1. The van der Waals surface area contributed by atoms with Gasteiger partial charge >= 0.3 is 6.03 Å². The van der Waals surface area contributed by atoms with Crippen molar-refractivity contribution in [2.45, 2.75) is 64.0 Å². The number of nitrogens with zero attached hydrogens (tertiary/aromatic N) is 1. The Hall–Kier alpha value is -0.770. The molecule has 0 aromatic rings. The average Bonchev–Trinajstić information content (AvgIpc) is 2.73. The Bertz CT molecular complexity index is 297. The van der Waals surface area contributed by atoms with E-state index in [0.29, 0.717) is 18.5 Å². The Morgan fingerprint density at radius 3 is 2.61 bits per heavy atom. The van der Waals surface area contributed by atoms with E-state index in [9.17, 15) is 4.79 Å². The molecule has 0 radical (unpaired) electrons. The van der Waals surface area contributed by atoms with Crippen LogP contribution in [0.1, 0.15) is 52.4 Å². The molecule has 1 heterocycles. The fourth-order valence-corrected chi connectivity index (χ4v) is 3.38. The number of amides is 2. The highest BCUT2D eigenvalue weighted by Crippen LogP contribution is 2.31. The van der Waals surface area contributed by atoms with Crippen molar-refractivity contribution >= 4 is 6.03 Å². The van der Waals surface area contributed by atoms with E-state index in [1.165, 1.54) is 32.1 Å². The molecule has 4 nitrogen and oxygen atoms in total. The third kappa shape index (κ3) is 2.79. The maximum atomic E-state index is 12.1. The molecule has 2 amide bonds. The Kier molecular flexibility index (Phi) is 4.15. The van der Waals surface area contributed by atoms with Gasteiger partial charge in [-0.3, -0.25) is 0 Å². The Morgan fingerprint density at radius 2 is 2.00 bits per heavy atom. The number of nitrogens with two attached hydrogens (primary N) is 1. The summed E-state index contributed by atoms with van der Waals surface area (Å²) in [5.41, 5.74) is 5.52. The van der Waals surface area contributed by atoms with Crippen molar-refractivity contribution in [3.8, 4) is 0 Å². The standard InChI is InChI=1S/C14H27N3O/c1-14(2,8-9-15)17-10-12(16-13(17)18)11-6-4-3-5-7-11/h11-12H,3-10,15H2,1-2H3,(H,16,18). The number of hydrogen-bond acceptors (Lipinski definition) is 2. The summed E-state index contributed by atoms with van der Waals surface area (Å²) in [6.07, 6.45) is 7.41. The Morgan fingerprint density at radius 1 is 1.33 bits per heavy atom. The van der Waals surface area contributed by atoms with Crippen LogP contribution in [0.25, 0.3) is 0 Å². The molecule has 1 unspecified atom stereocenters. The van der Waals surface area contributed by atoms with E-state index in [4.69, 9.17) is 5.73 Å². The molecule has 1 aliphatic carbocycles. The fourth-order valence-electron chi connectivity index (χ4n) is 3.38. The minimum atomic E-state index is -0.123. The summed E-state index contributed by atoms with van der Waals surface area (Å²) in [6, 6.07) is 0.457. The highest BCUT2D eigenvalue weighted by molar-refractivity contribution is 5.77. The van der Waals surface area contributed by atoms with Gasteiger partial charge in [0.1, 0.15) is 0 Å². The first-order valence-corrected chi connectivity index (χ1v) is 7.33. The van der Waals surface area contributed by atoms with Gasteiger partial charge in [0.05, 0.1) is 6.04 Å². The Balaban J connectivity index is 1.97. The van der Waals surface area contributed by atoms with Crippen LogP contribution in [0.5, 0.6) is 0 Å². The second-order valence-corrected chi connectivity index (χ2v) is 6.42. The lowest BCUT2D eigenvalue weighted by Gasteiger charge is -2.35. The SMILES string of the molecule is CC(C)(CCN)N1CC(C2CCCCC2)NC1=O. The molecular formula is C14H27N3O. The van der Waals surface area contributed by atoms with Gasteiger partial charge in [-0.25, -0.2) is 4.79 Å². The van der Waals surface area contributed by atoms with Crippen molar-refractivity contribution in [3.63, 3.8) is 0 Å². The summed E-state index contributed by atoms with van der Waals surface area (Å²) in [5.74, 6) is 0.682. The molecule has 1 aliphatic heterocycles. The first-order valence-electron chi connectivity index (χ1n) is 7.33. The molecule has 0 spiro atoms. The topological polar surface area (TPSA) is 58.4 Å². The van der Waals surface area contributed by atoms with Crippen LogP contribution in [0.15, 0.2) is 0 Å². The summed E-state index contributed by atoms with van der Waals surface area (Å²) in [7, 11) is 0. The minimum absolute atomic E-state index is 0.101. The largest absolute Gasteiger partial charge is 0.333 e. The number of carbonyl (C=O) groups excluding carboxylic acids is 1. The second-order valence-electron chi connectivity index (χ2n) is 6.42. The first-order chi connectivity index (χ1) is 8.54. The van der Waals surface area contributed by atoms with Gasteiger partial charge in [-0.1, -0.05) is 19.3 Å². The summed E-state index contributed by atoms with van der Waals surface area (Å²) < 4.78 is 0. The molecule has 3 N–H and O–H groups in total. The van der Waals surface area contributed by atoms with Crippen molar-refractivity contribution in [1.29, 1.82) is 0 Å². The summed E-state index contributed by atoms with van der Waals surface area (Å²) in [4.78, 5) is 14.1. The maximum Gasteiger partial charge on any atom is 0.318 e. The predicted octanol–water partition coefficient (Wildman–Crippen LogP) is 2.09. The highest BCUT2D eigenvalue weighted by Gasteiger charge is 2.40. The molecule has 0 aromatic carbocycles. The van der Waals surface area contributed by atoms with Crippen LogP contribution in [0.3, 0.4) is 0 Å². The van der Waals surface area contributed by atoms with Gasteiger partial charge in [0.15, 0.2) is 0 Å². The summed E-state index contributed by atoms with van der Waals surface area (Å²) in [5, 5.41) is 3.18. The van der Waals surface area contributed by atoms with Gasteiger partial charge < -0.3 is 16.0 Å². The van der Waals surface area contributed by atoms with E-state index < -0.39 is 0 Å². The van der Waals surface area contributed by atoms with Crippen LogP contribution in [-0.2, 0) is 0 Å². The van der Waals surface area contributed by atoms with E-state index in [2.05, 4.69) is 19.2 Å². The van der Waals surface area contributed by atoms with E-state index in [0.717, 1.165) is 13.0 Å². The Labute approximate surface area is 110 Å². The van der Waals surface area contributed by atoms with Crippen molar-refractivity contribution in [1.82, 2.24) is 10.2 Å². The molecule has 1 saturated heterocycles. The smallest absolute Gasteiger partial charge is 0.318 e. The van der Waals surface area contributed by atoms with Crippen LogP contribution >= 0.6 is 0 Å². The van der Waals surface area contributed by atoms with Crippen molar-refractivity contribution in [3.05, 3.63) is 0 Å². The molecule has 18 heavy (non-hydrogen) atoms.